The van der Waals surface area contributed by atoms with Gasteiger partial charge in [0.2, 0.25) is 0 Å². The summed E-state index contributed by atoms with van der Waals surface area (Å²) in [4.78, 5) is 12.8. The highest BCUT2D eigenvalue weighted by Gasteiger charge is 2.19. The Hall–Kier alpha value is -3.28. The number of hydrogen-bond donors (Lipinski definition) is 2. The van der Waals surface area contributed by atoms with Gasteiger partial charge in [-0.1, -0.05) is 32.9 Å². The number of H-pyrrole nitrogens is 1. The fraction of sp³-hybridized carbons (Fsp3) is 0.273. The summed E-state index contributed by atoms with van der Waals surface area (Å²) in [5.41, 5.74) is 3.95. The first-order valence-electron chi connectivity index (χ1n) is 9.27. The zero-order valence-corrected chi connectivity index (χ0v) is 16.2. The van der Waals surface area contributed by atoms with Crippen LogP contribution in [0.1, 0.15) is 36.7 Å². The first-order chi connectivity index (χ1) is 13.4. The highest BCUT2D eigenvalue weighted by molar-refractivity contribution is 6.08. The predicted molar refractivity (Wildman–Crippen MR) is 108 cm³/mol. The first kappa shape index (κ1) is 18.1. The highest BCUT2D eigenvalue weighted by atomic mass is 16.6. The summed E-state index contributed by atoms with van der Waals surface area (Å²) in [5.74, 6) is 1.16. The standard InChI is InChI=1S/C22H23N3O3/c1-22(2,3)15-5-7-16(8-6-15)24-21(26)17-13-23-25-20(17)14-4-9-18-19(12-14)28-11-10-27-18/h4-9,12-13H,10-11H2,1-3H3,(H,23,25)(H,24,26). The minimum atomic E-state index is -0.220. The predicted octanol–water partition coefficient (Wildman–Crippen LogP) is 4.40. The van der Waals surface area contributed by atoms with Gasteiger partial charge in [-0.25, -0.2) is 0 Å². The van der Waals surface area contributed by atoms with E-state index in [0.29, 0.717) is 36.0 Å². The van der Waals surface area contributed by atoms with Crippen molar-refractivity contribution in [2.75, 3.05) is 18.5 Å². The average Bonchev–Trinajstić information content (AvgIpc) is 3.17. The van der Waals surface area contributed by atoms with Crippen molar-refractivity contribution < 1.29 is 14.3 Å². The number of anilines is 1. The van der Waals surface area contributed by atoms with Crippen molar-refractivity contribution in [1.29, 1.82) is 0 Å². The summed E-state index contributed by atoms with van der Waals surface area (Å²) >= 11 is 0. The molecule has 0 spiro atoms. The molecule has 1 aliphatic rings. The molecule has 2 N–H and O–H groups in total. The normalized spacial score (nSPS) is 13.2. The van der Waals surface area contributed by atoms with E-state index in [0.717, 1.165) is 11.3 Å². The molecule has 2 heterocycles. The summed E-state index contributed by atoms with van der Waals surface area (Å²) in [5, 5.41) is 9.92. The topological polar surface area (TPSA) is 76.2 Å². The van der Waals surface area contributed by atoms with Crippen molar-refractivity contribution in [2.45, 2.75) is 26.2 Å². The van der Waals surface area contributed by atoms with Gasteiger partial charge in [0.15, 0.2) is 11.5 Å². The lowest BCUT2D eigenvalue weighted by molar-refractivity contribution is 0.102. The molecule has 6 heteroatoms. The van der Waals surface area contributed by atoms with Gasteiger partial charge in [0.1, 0.15) is 13.2 Å². The molecule has 0 bridgehead atoms. The molecule has 0 unspecified atom stereocenters. The number of amides is 1. The van der Waals surface area contributed by atoms with E-state index in [2.05, 4.69) is 36.3 Å². The Morgan fingerprint density at radius 3 is 2.46 bits per heavy atom. The molecule has 1 amide bonds. The van der Waals surface area contributed by atoms with Crippen LogP contribution in [-0.2, 0) is 5.41 Å². The minimum Gasteiger partial charge on any atom is -0.486 e. The quantitative estimate of drug-likeness (QED) is 0.709. The van der Waals surface area contributed by atoms with Crippen LogP contribution < -0.4 is 14.8 Å². The highest BCUT2D eigenvalue weighted by Crippen LogP contribution is 2.35. The Morgan fingerprint density at radius 2 is 1.75 bits per heavy atom. The number of rotatable bonds is 3. The molecular formula is C22H23N3O3. The number of benzene rings is 2. The molecule has 6 nitrogen and oxygen atoms in total. The van der Waals surface area contributed by atoms with E-state index in [1.807, 2.05) is 42.5 Å². The second-order valence-corrected chi connectivity index (χ2v) is 7.80. The van der Waals surface area contributed by atoms with Gasteiger partial charge in [-0.15, -0.1) is 0 Å². The van der Waals surface area contributed by atoms with Crippen LogP contribution in [0.2, 0.25) is 0 Å². The van der Waals surface area contributed by atoms with Gasteiger partial charge in [-0.2, -0.15) is 5.10 Å². The molecule has 144 valence electrons. The van der Waals surface area contributed by atoms with Crippen LogP contribution >= 0.6 is 0 Å². The zero-order valence-electron chi connectivity index (χ0n) is 16.2. The van der Waals surface area contributed by atoms with Crippen molar-refractivity contribution in [2.24, 2.45) is 0 Å². The van der Waals surface area contributed by atoms with Gasteiger partial charge in [0.05, 0.1) is 17.5 Å². The van der Waals surface area contributed by atoms with Crippen LogP contribution in [0, 0.1) is 0 Å². The number of aromatic nitrogens is 2. The van der Waals surface area contributed by atoms with Gasteiger partial charge in [-0.3, -0.25) is 9.89 Å². The van der Waals surface area contributed by atoms with Gasteiger partial charge in [0, 0.05) is 11.3 Å². The molecular weight excluding hydrogens is 354 g/mol. The monoisotopic (exact) mass is 377 g/mol. The summed E-state index contributed by atoms with van der Waals surface area (Å²) < 4.78 is 11.2. The van der Waals surface area contributed by atoms with E-state index >= 15 is 0 Å². The number of ether oxygens (including phenoxy) is 2. The Morgan fingerprint density at radius 1 is 1.04 bits per heavy atom. The van der Waals surface area contributed by atoms with Gasteiger partial charge in [0.25, 0.3) is 5.91 Å². The van der Waals surface area contributed by atoms with Gasteiger partial charge < -0.3 is 14.8 Å². The number of aromatic amines is 1. The van der Waals surface area contributed by atoms with Crippen LogP contribution in [-0.4, -0.2) is 29.3 Å². The number of carbonyl (C=O) groups is 1. The van der Waals surface area contributed by atoms with E-state index in [1.54, 1.807) is 0 Å². The lowest BCUT2D eigenvalue weighted by Gasteiger charge is -2.19. The molecule has 3 aromatic rings. The van der Waals surface area contributed by atoms with E-state index < -0.39 is 0 Å². The van der Waals surface area contributed by atoms with E-state index in [-0.39, 0.29) is 11.3 Å². The van der Waals surface area contributed by atoms with Gasteiger partial charge >= 0.3 is 0 Å². The summed E-state index contributed by atoms with van der Waals surface area (Å²) in [7, 11) is 0. The molecule has 0 saturated carbocycles. The molecule has 2 aromatic carbocycles. The number of hydrogen-bond acceptors (Lipinski definition) is 4. The molecule has 28 heavy (non-hydrogen) atoms. The SMILES string of the molecule is CC(C)(C)c1ccc(NC(=O)c2cn[nH]c2-c2ccc3c(c2)OCCO3)cc1. The van der Waals surface area contributed by atoms with Crippen LogP contribution in [0.25, 0.3) is 11.3 Å². The molecule has 4 rings (SSSR count). The summed E-state index contributed by atoms with van der Waals surface area (Å²) in [6.07, 6.45) is 1.53. The molecule has 0 radical (unpaired) electrons. The molecule has 0 aliphatic carbocycles. The van der Waals surface area contributed by atoms with E-state index in [9.17, 15) is 4.79 Å². The molecule has 0 fully saturated rings. The third-order valence-electron chi connectivity index (χ3n) is 4.72. The third kappa shape index (κ3) is 3.58. The van der Waals surface area contributed by atoms with Crippen molar-refractivity contribution in [3.05, 3.63) is 59.8 Å². The van der Waals surface area contributed by atoms with Crippen molar-refractivity contribution in [3.8, 4) is 22.8 Å². The van der Waals surface area contributed by atoms with Crippen molar-refractivity contribution >= 4 is 11.6 Å². The molecule has 0 saturated heterocycles. The lowest BCUT2D eigenvalue weighted by atomic mass is 9.87. The number of carbonyl (C=O) groups excluding carboxylic acids is 1. The maximum atomic E-state index is 12.8. The average molecular weight is 377 g/mol. The minimum absolute atomic E-state index is 0.0680. The maximum Gasteiger partial charge on any atom is 0.259 e. The molecule has 1 aliphatic heterocycles. The maximum absolute atomic E-state index is 12.8. The first-order valence-corrected chi connectivity index (χ1v) is 9.27. The van der Waals surface area contributed by atoms with Crippen LogP contribution in [0.5, 0.6) is 11.5 Å². The number of nitrogens with one attached hydrogen (secondary N) is 2. The van der Waals surface area contributed by atoms with Crippen LogP contribution in [0.15, 0.2) is 48.7 Å². The van der Waals surface area contributed by atoms with E-state index in [1.165, 1.54) is 11.8 Å². The van der Waals surface area contributed by atoms with Crippen molar-refractivity contribution in [1.82, 2.24) is 10.2 Å². The van der Waals surface area contributed by atoms with Crippen LogP contribution in [0.3, 0.4) is 0 Å². The largest absolute Gasteiger partial charge is 0.486 e. The second-order valence-electron chi connectivity index (χ2n) is 7.80. The zero-order chi connectivity index (χ0) is 19.7. The summed E-state index contributed by atoms with van der Waals surface area (Å²) in [6.45, 7) is 7.53. The third-order valence-corrected chi connectivity index (χ3v) is 4.72. The Labute approximate surface area is 163 Å². The smallest absolute Gasteiger partial charge is 0.259 e. The van der Waals surface area contributed by atoms with Gasteiger partial charge in [-0.05, 0) is 41.3 Å². The van der Waals surface area contributed by atoms with Crippen molar-refractivity contribution in [3.63, 3.8) is 0 Å². The fourth-order valence-corrected chi connectivity index (χ4v) is 3.13. The lowest BCUT2D eigenvalue weighted by Crippen LogP contribution is -2.15. The fourth-order valence-electron chi connectivity index (χ4n) is 3.13. The molecule has 1 aromatic heterocycles. The Kier molecular flexibility index (Phi) is 4.55. The summed E-state index contributed by atoms with van der Waals surface area (Å²) in [6, 6.07) is 13.5. The Balaban J connectivity index is 1.56. The Bertz CT molecular complexity index is 1000. The second kappa shape index (κ2) is 7.03. The number of fused-ring (bicyclic) bond motifs is 1. The molecule has 0 atom stereocenters. The van der Waals surface area contributed by atoms with Crippen LogP contribution in [0.4, 0.5) is 5.69 Å². The van der Waals surface area contributed by atoms with E-state index in [4.69, 9.17) is 9.47 Å². The number of nitrogens with zero attached hydrogens (tertiary/aromatic N) is 1.